The van der Waals surface area contributed by atoms with Gasteiger partial charge < -0.3 is 9.97 Å². The number of aromatic amines is 2. The highest BCUT2D eigenvalue weighted by molar-refractivity contribution is 5.94. The van der Waals surface area contributed by atoms with Gasteiger partial charge in [-0.25, -0.2) is 9.97 Å². The number of benzene rings is 3. The summed E-state index contributed by atoms with van der Waals surface area (Å²) in [6.45, 7) is 0. The van der Waals surface area contributed by atoms with E-state index in [2.05, 4.69) is 125 Å². The third-order valence-corrected chi connectivity index (χ3v) is 7.81. The van der Waals surface area contributed by atoms with Crippen molar-refractivity contribution < 1.29 is 0 Å². The molecule has 0 amide bonds. The standard InChI is InChI=1S/C40H26N4/c1-4-10-27(11-5-1)16-19-32-33-22-24-37(43-33)39(28-12-6-2-7-13-28)35-20-17-30(41-35)26-31-18-21-36(42-31)40(29-14-8-3-9-15-29)38-25-23-34(32)44-38/h1-15,17-18,20-26,41,44H. The normalized spacial score (nSPS) is 11.7. The minimum atomic E-state index is 0.811. The Morgan fingerprint density at radius 2 is 1.02 bits per heavy atom. The van der Waals surface area contributed by atoms with Gasteiger partial charge in [0.25, 0.3) is 0 Å². The number of fused-ring (bicyclic) bond motifs is 8. The Hall–Kier alpha value is -6.18. The van der Waals surface area contributed by atoms with Gasteiger partial charge in [0.1, 0.15) is 0 Å². The largest absolute Gasteiger partial charge is 0.355 e. The van der Waals surface area contributed by atoms with Crippen molar-refractivity contribution in [1.82, 2.24) is 19.9 Å². The van der Waals surface area contributed by atoms with Crippen molar-refractivity contribution in [3.63, 3.8) is 0 Å². The summed E-state index contributed by atoms with van der Waals surface area (Å²) in [5.74, 6) is 6.84. The van der Waals surface area contributed by atoms with Crippen molar-refractivity contribution in [3.05, 3.63) is 155 Å². The number of H-pyrrole nitrogens is 2. The van der Waals surface area contributed by atoms with E-state index in [4.69, 9.17) is 9.97 Å². The summed E-state index contributed by atoms with van der Waals surface area (Å²) in [6.07, 6.45) is 8.30. The van der Waals surface area contributed by atoms with Gasteiger partial charge in [0.15, 0.2) is 0 Å². The van der Waals surface area contributed by atoms with Crippen LogP contribution in [0.3, 0.4) is 0 Å². The lowest BCUT2D eigenvalue weighted by molar-refractivity contribution is 1.30. The second-order valence-electron chi connectivity index (χ2n) is 10.7. The summed E-state index contributed by atoms with van der Waals surface area (Å²) in [6, 6.07) is 41.3. The molecule has 0 fully saturated rings. The van der Waals surface area contributed by atoms with E-state index in [0.717, 1.165) is 78.2 Å². The molecule has 8 rings (SSSR count). The maximum Gasteiger partial charge on any atom is 0.0815 e. The van der Waals surface area contributed by atoms with Gasteiger partial charge in [-0.05, 0) is 77.9 Å². The molecule has 2 N–H and O–H groups in total. The van der Waals surface area contributed by atoms with Gasteiger partial charge in [0.05, 0.1) is 33.9 Å². The van der Waals surface area contributed by atoms with Crippen LogP contribution < -0.4 is 0 Å². The molecule has 8 bridgehead atoms. The van der Waals surface area contributed by atoms with Crippen LogP contribution in [-0.4, -0.2) is 19.9 Å². The molecule has 5 heterocycles. The Morgan fingerprint density at radius 1 is 0.455 bits per heavy atom. The van der Waals surface area contributed by atoms with Crippen LogP contribution in [0, 0.1) is 11.8 Å². The molecule has 0 saturated carbocycles. The number of hydrogen-bond acceptors (Lipinski definition) is 2. The lowest BCUT2D eigenvalue weighted by atomic mass is 10.0. The highest BCUT2D eigenvalue weighted by Crippen LogP contribution is 2.33. The monoisotopic (exact) mass is 562 g/mol. The Bertz CT molecular complexity index is 2270. The van der Waals surface area contributed by atoms with E-state index in [1.165, 1.54) is 0 Å². The zero-order chi connectivity index (χ0) is 29.3. The molecular formula is C40H26N4. The van der Waals surface area contributed by atoms with E-state index in [0.29, 0.717) is 0 Å². The fraction of sp³-hybridized carbons (Fsp3) is 0. The summed E-state index contributed by atoms with van der Waals surface area (Å²) in [5, 5.41) is 0. The van der Waals surface area contributed by atoms with Gasteiger partial charge in [-0.1, -0.05) is 90.7 Å². The lowest BCUT2D eigenvalue weighted by Gasteiger charge is -2.04. The molecule has 4 nitrogen and oxygen atoms in total. The van der Waals surface area contributed by atoms with E-state index in [1.807, 2.05) is 42.5 Å². The molecule has 0 atom stereocenters. The van der Waals surface area contributed by atoms with Crippen molar-refractivity contribution >= 4 is 46.4 Å². The van der Waals surface area contributed by atoms with Crippen molar-refractivity contribution in [1.29, 1.82) is 0 Å². The molecule has 0 spiro atoms. The number of aromatic nitrogens is 4. The van der Waals surface area contributed by atoms with Crippen molar-refractivity contribution in [2.24, 2.45) is 0 Å². The van der Waals surface area contributed by atoms with Crippen LogP contribution in [0.25, 0.3) is 68.6 Å². The average molecular weight is 563 g/mol. The van der Waals surface area contributed by atoms with Crippen LogP contribution >= 0.6 is 0 Å². The summed E-state index contributed by atoms with van der Waals surface area (Å²) in [4.78, 5) is 17.6. The topological polar surface area (TPSA) is 57.4 Å². The SMILES string of the molecule is C(#Cc1c2nc(c(-c3ccccc3)c3ccc(cc4nc(c(-c5ccccc5)c5ccc1[nH]5)C=C4)[nH]3)C=C2)c1ccccc1. The molecule has 0 aliphatic carbocycles. The maximum atomic E-state index is 5.20. The Balaban J connectivity index is 1.51. The van der Waals surface area contributed by atoms with Crippen molar-refractivity contribution in [2.75, 3.05) is 0 Å². The average Bonchev–Trinajstić information content (AvgIpc) is 3.90. The maximum absolute atomic E-state index is 5.20. The molecule has 3 aromatic heterocycles. The zero-order valence-corrected chi connectivity index (χ0v) is 23.8. The summed E-state index contributed by atoms with van der Waals surface area (Å²) in [5.41, 5.74) is 13.3. The first-order valence-corrected chi connectivity index (χ1v) is 14.6. The molecule has 0 saturated heterocycles. The second-order valence-corrected chi connectivity index (χ2v) is 10.7. The molecule has 44 heavy (non-hydrogen) atoms. The van der Waals surface area contributed by atoms with Gasteiger partial charge in [-0.2, -0.15) is 0 Å². The highest BCUT2D eigenvalue weighted by Gasteiger charge is 2.15. The molecule has 6 aromatic rings. The number of nitrogens with one attached hydrogen (secondary N) is 2. The lowest BCUT2D eigenvalue weighted by Crippen LogP contribution is -1.88. The molecule has 0 radical (unpaired) electrons. The molecule has 0 unspecified atom stereocenters. The van der Waals surface area contributed by atoms with Crippen LogP contribution in [0.15, 0.2) is 121 Å². The van der Waals surface area contributed by atoms with E-state index in [1.54, 1.807) is 0 Å². The van der Waals surface area contributed by atoms with E-state index in [-0.39, 0.29) is 0 Å². The molecule has 3 aromatic carbocycles. The van der Waals surface area contributed by atoms with Gasteiger partial charge >= 0.3 is 0 Å². The minimum absolute atomic E-state index is 0.811. The Kier molecular flexibility index (Phi) is 6.33. The van der Waals surface area contributed by atoms with Crippen LogP contribution in [-0.2, 0) is 0 Å². The molecule has 2 aliphatic heterocycles. The van der Waals surface area contributed by atoms with Crippen LogP contribution in [0.2, 0.25) is 0 Å². The third-order valence-electron chi connectivity index (χ3n) is 7.81. The molecule has 2 aliphatic rings. The molecule has 206 valence electrons. The van der Waals surface area contributed by atoms with Crippen LogP contribution in [0.1, 0.15) is 33.9 Å². The first-order chi connectivity index (χ1) is 21.8. The predicted molar refractivity (Wildman–Crippen MR) is 182 cm³/mol. The predicted octanol–water partition coefficient (Wildman–Crippen LogP) is 9.39. The molecular weight excluding hydrogens is 536 g/mol. The Morgan fingerprint density at radius 3 is 1.75 bits per heavy atom. The van der Waals surface area contributed by atoms with E-state index >= 15 is 0 Å². The number of hydrogen-bond donors (Lipinski definition) is 2. The summed E-state index contributed by atoms with van der Waals surface area (Å²) < 4.78 is 0. The first kappa shape index (κ1) is 25.5. The van der Waals surface area contributed by atoms with E-state index in [9.17, 15) is 0 Å². The fourth-order valence-corrected chi connectivity index (χ4v) is 5.74. The first-order valence-electron chi connectivity index (χ1n) is 14.6. The Labute approximate surface area is 255 Å². The van der Waals surface area contributed by atoms with Crippen molar-refractivity contribution in [3.8, 4) is 34.1 Å². The summed E-state index contributed by atoms with van der Waals surface area (Å²) in [7, 11) is 0. The van der Waals surface area contributed by atoms with Gasteiger partial charge in [0.2, 0.25) is 0 Å². The fourth-order valence-electron chi connectivity index (χ4n) is 5.74. The third kappa shape index (κ3) is 4.83. The molecule has 4 heteroatoms. The van der Waals surface area contributed by atoms with Crippen LogP contribution in [0.5, 0.6) is 0 Å². The number of rotatable bonds is 2. The van der Waals surface area contributed by atoms with E-state index < -0.39 is 0 Å². The zero-order valence-electron chi connectivity index (χ0n) is 23.8. The number of nitrogens with zero attached hydrogens (tertiary/aromatic N) is 2. The highest BCUT2D eigenvalue weighted by atomic mass is 14.8. The van der Waals surface area contributed by atoms with Gasteiger partial charge in [0, 0.05) is 33.2 Å². The van der Waals surface area contributed by atoms with Crippen LogP contribution in [0.4, 0.5) is 0 Å². The smallest absolute Gasteiger partial charge is 0.0815 e. The summed E-state index contributed by atoms with van der Waals surface area (Å²) >= 11 is 0. The van der Waals surface area contributed by atoms with Crippen molar-refractivity contribution in [2.45, 2.75) is 0 Å². The quantitative estimate of drug-likeness (QED) is 0.206. The van der Waals surface area contributed by atoms with Gasteiger partial charge in [-0.15, -0.1) is 0 Å². The second kappa shape index (κ2) is 10.9. The van der Waals surface area contributed by atoms with Gasteiger partial charge in [-0.3, -0.25) is 0 Å². The minimum Gasteiger partial charge on any atom is -0.355 e.